The predicted molar refractivity (Wildman–Crippen MR) is 117 cm³/mol. The number of piperidine rings is 1. The van der Waals surface area contributed by atoms with Gasteiger partial charge in [0, 0.05) is 30.5 Å². The summed E-state index contributed by atoms with van der Waals surface area (Å²) in [6, 6.07) is 22.8. The molecule has 1 amide bonds. The molecule has 3 aromatic rings. The maximum absolute atomic E-state index is 12.7. The lowest BCUT2D eigenvalue weighted by Gasteiger charge is -2.31. The van der Waals surface area contributed by atoms with Crippen LogP contribution >= 0.6 is 0 Å². The standard InChI is InChI=1S/C25H27N3O/c29-25(23-12-16-28(17-13-23)19-22-4-2-1-3-5-22)27-24-8-6-20(7-9-24)18-21-10-14-26-15-11-21/h1-11,14-15,23H,12-13,16-19H2,(H,27,29). The highest BCUT2D eigenvalue weighted by Crippen LogP contribution is 2.21. The van der Waals surface area contributed by atoms with Crippen LogP contribution in [0.2, 0.25) is 0 Å². The van der Waals surface area contributed by atoms with Gasteiger partial charge < -0.3 is 5.32 Å². The Bertz CT molecular complexity index is 902. The topological polar surface area (TPSA) is 45.2 Å². The summed E-state index contributed by atoms with van der Waals surface area (Å²) in [5, 5.41) is 3.10. The van der Waals surface area contributed by atoms with Crippen LogP contribution in [0.4, 0.5) is 5.69 Å². The number of hydrogen-bond acceptors (Lipinski definition) is 3. The molecule has 0 unspecified atom stereocenters. The molecule has 1 fully saturated rings. The predicted octanol–water partition coefficient (Wildman–Crippen LogP) is 4.52. The average Bonchev–Trinajstić information content (AvgIpc) is 2.77. The Morgan fingerprint density at radius 1 is 0.862 bits per heavy atom. The van der Waals surface area contributed by atoms with Gasteiger partial charge in [0.1, 0.15) is 0 Å². The van der Waals surface area contributed by atoms with Crippen LogP contribution < -0.4 is 5.32 Å². The third kappa shape index (κ3) is 5.52. The Kier molecular flexibility index (Phi) is 6.32. The maximum Gasteiger partial charge on any atom is 0.227 e. The van der Waals surface area contributed by atoms with E-state index in [9.17, 15) is 4.79 Å². The van der Waals surface area contributed by atoms with Crippen molar-refractivity contribution in [1.82, 2.24) is 9.88 Å². The van der Waals surface area contributed by atoms with E-state index in [0.717, 1.165) is 44.6 Å². The molecular formula is C25H27N3O. The molecule has 0 atom stereocenters. The second-order valence-corrected chi connectivity index (χ2v) is 7.75. The summed E-state index contributed by atoms with van der Waals surface area (Å²) in [5.41, 5.74) is 4.67. The molecular weight excluding hydrogens is 358 g/mol. The summed E-state index contributed by atoms with van der Waals surface area (Å²) < 4.78 is 0. The summed E-state index contributed by atoms with van der Waals surface area (Å²) in [5.74, 6) is 0.241. The van der Waals surface area contributed by atoms with E-state index >= 15 is 0 Å². The Labute approximate surface area is 172 Å². The Morgan fingerprint density at radius 2 is 1.52 bits per heavy atom. The number of hydrogen-bond donors (Lipinski definition) is 1. The van der Waals surface area contributed by atoms with Gasteiger partial charge in [-0.2, -0.15) is 0 Å². The minimum Gasteiger partial charge on any atom is -0.326 e. The molecule has 29 heavy (non-hydrogen) atoms. The van der Waals surface area contributed by atoms with Gasteiger partial charge in [0.15, 0.2) is 0 Å². The molecule has 1 N–H and O–H groups in total. The zero-order valence-corrected chi connectivity index (χ0v) is 16.6. The van der Waals surface area contributed by atoms with Crippen LogP contribution in [0.3, 0.4) is 0 Å². The van der Waals surface area contributed by atoms with E-state index < -0.39 is 0 Å². The first-order valence-electron chi connectivity index (χ1n) is 10.3. The van der Waals surface area contributed by atoms with E-state index in [1.807, 2.05) is 42.7 Å². The van der Waals surface area contributed by atoms with Crippen LogP contribution in [0, 0.1) is 5.92 Å². The Morgan fingerprint density at radius 3 is 2.21 bits per heavy atom. The molecule has 1 aromatic heterocycles. The first kappa shape index (κ1) is 19.3. The third-order valence-electron chi connectivity index (χ3n) is 5.59. The van der Waals surface area contributed by atoms with Crippen molar-refractivity contribution in [2.75, 3.05) is 18.4 Å². The minimum atomic E-state index is 0.0959. The van der Waals surface area contributed by atoms with Crippen molar-refractivity contribution in [2.24, 2.45) is 5.92 Å². The molecule has 0 saturated carbocycles. The highest BCUT2D eigenvalue weighted by Gasteiger charge is 2.25. The van der Waals surface area contributed by atoms with Crippen molar-refractivity contribution >= 4 is 11.6 Å². The monoisotopic (exact) mass is 385 g/mol. The first-order valence-corrected chi connectivity index (χ1v) is 10.3. The zero-order chi connectivity index (χ0) is 19.9. The highest BCUT2D eigenvalue weighted by atomic mass is 16.1. The molecule has 1 aliphatic heterocycles. The van der Waals surface area contributed by atoms with Crippen molar-refractivity contribution in [3.63, 3.8) is 0 Å². The number of amides is 1. The quantitative estimate of drug-likeness (QED) is 0.678. The largest absolute Gasteiger partial charge is 0.326 e. The summed E-state index contributed by atoms with van der Waals surface area (Å²) in [7, 11) is 0. The molecule has 2 heterocycles. The number of pyridine rings is 1. The van der Waals surface area contributed by atoms with Crippen molar-refractivity contribution in [1.29, 1.82) is 0 Å². The molecule has 4 rings (SSSR count). The smallest absolute Gasteiger partial charge is 0.227 e. The number of benzene rings is 2. The fourth-order valence-corrected chi connectivity index (χ4v) is 3.88. The molecule has 1 saturated heterocycles. The van der Waals surface area contributed by atoms with Gasteiger partial charge in [0.25, 0.3) is 0 Å². The molecule has 4 heteroatoms. The molecule has 4 nitrogen and oxygen atoms in total. The van der Waals surface area contributed by atoms with Crippen molar-refractivity contribution in [2.45, 2.75) is 25.8 Å². The van der Waals surface area contributed by atoms with E-state index in [4.69, 9.17) is 0 Å². The van der Waals surface area contributed by atoms with Gasteiger partial charge in [-0.05, 0) is 73.3 Å². The van der Waals surface area contributed by atoms with E-state index in [-0.39, 0.29) is 11.8 Å². The van der Waals surface area contributed by atoms with Crippen molar-refractivity contribution in [3.8, 4) is 0 Å². The molecule has 0 aliphatic carbocycles. The van der Waals surface area contributed by atoms with E-state index in [2.05, 4.69) is 51.6 Å². The molecule has 0 radical (unpaired) electrons. The zero-order valence-electron chi connectivity index (χ0n) is 16.6. The SMILES string of the molecule is O=C(Nc1ccc(Cc2ccncc2)cc1)C1CCN(Cc2ccccc2)CC1. The van der Waals surface area contributed by atoms with Gasteiger partial charge in [-0.3, -0.25) is 14.7 Å². The summed E-state index contributed by atoms with van der Waals surface area (Å²) in [4.78, 5) is 19.2. The number of aromatic nitrogens is 1. The maximum atomic E-state index is 12.7. The minimum absolute atomic E-state index is 0.0959. The average molecular weight is 386 g/mol. The number of carbonyl (C=O) groups excluding carboxylic acids is 1. The van der Waals surface area contributed by atoms with Crippen molar-refractivity contribution < 1.29 is 4.79 Å². The lowest BCUT2D eigenvalue weighted by atomic mass is 9.95. The fourth-order valence-electron chi connectivity index (χ4n) is 3.88. The van der Waals surface area contributed by atoms with E-state index in [1.165, 1.54) is 16.7 Å². The lowest BCUT2D eigenvalue weighted by molar-refractivity contribution is -0.121. The highest BCUT2D eigenvalue weighted by molar-refractivity contribution is 5.92. The molecule has 0 bridgehead atoms. The number of anilines is 1. The molecule has 148 valence electrons. The molecule has 1 aliphatic rings. The summed E-state index contributed by atoms with van der Waals surface area (Å²) in [6.45, 7) is 2.91. The van der Waals surface area contributed by atoms with Crippen LogP contribution in [0.25, 0.3) is 0 Å². The number of rotatable bonds is 6. The van der Waals surface area contributed by atoms with Crippen LogP contribution in [0.5, 0.6) is 0 Å². The molecule has 0 spiro atoms. The second-order valence-electron chi connectivity index (χ2n) is 7.75. The van der Waals surface area contributed by atoms with Gasteiger partial charge in [-0.15, -0.1) is 0 Å². The Hall–Kier alpha value is -2.98. The van der Waals surface area contributed by atoms with Crippen LogP contribution in [-0.2, 0) is 17.8 Å². The first-order chi connectivity index (χ1) is 14.3. The number of likely N-dealkylation sites (tertiary alicyclic amines) is 1. The van der Waals surface area contributed by atoms with Gasteiger partial charge in [0.2, 0.25) is 5.91 Å². The Balaban J connectivity index is 1.25. The molecule has 2 aromatic carbocycles. The summed E-state index contributed by atoms with van der Waals surface area (Å²) in [6.07, 6.45) is 6.33. The van der Waals surface area contributed by atoms with E-state index in [1.54, 1.807) is 0 Å². The summed E-state index contributed by atoms with van der Waals surface area (Å²) >= 11 is 0. The van der Waals surface area contributed by atoms with E-state index in [0.29, 0.717) is 0 Å². The van der Waals surface area contributed by atoms with Crippen LogP contribution in [0.15, 0.2) is 79.1 Å². The van der Waals surface area contributed by atoms with Crippen LogP contribution in [-0.4, -0.2) is 28.9 Å². The third-order valence-corrected chi connectivity index (χ3v) is 5.59. The lowest BCUT2D eigenvalue weighted by Crippen LogP contribution is -2.37. The van der Waals surface area contributed by atoms with Crippen LogP contribution in [0.1, 0.15) is 29.5 Å². The number of nitrogens with zero attached hydrogens (tertiary/aromatic N) is 2. The normalized spacial score (nSPS) is 15.2. The van der Waals surface area contributed by atoms with Gasteiger partial charge in [0.05, 0.1) is 0 Å². The van der Waals surface area contributed by atoms with Gasteiger partial charge >= 0.3 is 0 Å². The van der Waals surface area contributed by atoms with Gasteiger partial charge in [-0.1, -0.05) is 42.5 Å². The second kappa shape index (κ2) is 9.48. The number of nitrogens with one attached hydrogen (secondary N) is 1. The fraction of sp³-hybridized carbons (Fsp3) is 0.280. The number of carbonyl (C=O) groups is 1. The van der Waals surface area contributed by atoms with Gasteiger partial charge in [-0.25, -0.2) is 0 Å². The van der Waals surface area contributed by atoms with Crippen molar-refractivity contribution in [3.05, 3.63) is 95.8 Å².